The van der Waals surface area contributed by atoms with E-state index in [-0.39, 0.29) is 11.7 Å². The molecule has 0 unspecified atom stereocenters. The summed E-state index contributed by atoms with van der Waals surface area (Å²) < 4.78 is 6.95. The largest absolute Gasteiger partial charge is 0.497 e. The van der Waals surface area contributed by atoms with Crippen molar-refractivity contribution in [1.82, 2.24) is 14.8 Å². The molecule has 1 aromatic heterocycles. The number of thioether (sulfide) groups is 1. The Labute approximate surface area is 160 Å². The van der Waals surface area contributed by atoms with E-state index in [1.54, 1.807) is 43.5 Å². The number of hydrogen-bond donors (Lipinski definition) is 1. The van der Waals surface area contributed by atoms with Gasteiger partial charge in [-0.05, 0) is 48.5 Å². The zero-order valence-electron chi connectivity index (χ0n) is 14.3. The lowest BCUT2D eigenvalue weighted by Gasteiger charge is -2.06. The van der Waals surface area contributed by atoms with Crippen molar-refractivity contribution >= 4 is 35.0 Å². The maximum absolute atomic E-state index is 12.1. The summed E-state index contributed by atoms with van der Waals surface area (Å²) in [6.07, 6.45) is 0. The van der Waals surface area contributed by atoms with Gasteiger partial charge >= 0.3 is 0 Å². The van der Waals surface area contributed by atoms with Gasteiger partial charge in [0.05, 0.1) is 12.9 Å². The van der Waals surface area contributed by atoms with Crippen LogP contribution in [0.1, 0.15) is 0 Å². The molecular weight excluding hydrogens is 372 g/mol. The summed E-state index contributed by atoms with van der Waals surface area (Å²) in [6.45, 7) is 0. The molecule has 6 nitrogen and oxygen atoms in total. The lowest BCUT2D eigenvalue weighted by atomic mass is 10.2. The molecule has 0 aliphatic carbocycles. The Morgan fingerprint density at radius 3 is 2.50 bits per heavy atom. The first-order valence-corrected chi connectivity index (χ1v) is 9.15. The number of nitrogens with one attached hydrogen (secondary N) is 1. The van der Waals surface area contributed by atoms with Crippen LogP contribution in [0, 0.1) is 0 Å². The van der Waals surface area contributed by atoms with Gasteiger partial charge < -0.3 is 14.6 Å². The molecule has 26 heavy (non-hydrogen) atoms. The third kappa shape index (κ3) is 4.36. The molecule has 1 N–H and O–H groups in total. The molecule has 3 rings (SSSR count). The van der Waals surface area contributed by atoms with Gasteiger partial charge in [-0.15, -0.1) is 10.2 Å². The molecule has 0 saturated heterocycles. The first kappa shape index (κ1) is 18.3. The second-order valence-corrected chi connectivity index (χ2v) is 6.82. The van der Waals surface area contributed by atoms with Crippen LogP contribution < -0.4 is 10.1 Å². The fourth-order valence-electron chi connectivity index (χ4n) is 2.29. The SMILES string of the molecule is COc1ccc(NC(=O)CSc2nnc(-c3ccc(Cl)cc3)n2C)cc1. The molecule has 3 aromatic rings. The standard InChI is InChI=1S/C18H17ClN4O2S/c1-23-17(12-3-5-13(19)6-4-12)21-22-18(23)26-11-16(24)20-14-7-9-15(25-2)10-8-14/h3-10H,11H2,1-2H3,(H,20,24). The minimum absolute atomic E-state index is 0.115. The Bertz CT molecular complexity index is 895. The quantitative estimate of drug-likeness (QED) is 0.649. The molecule has 0 aliphatic heterocycles. The second kappa shape index (κ2) is 8.25. The molecule has 0 atom stereocenters. The van der Waals surface area contributed by atoms with Crippen molar-refractivity contribution in [3.63, 3.8) is 0 Å². The highest BCUT2D eigenvalue weighted by Crippen LogP contribution is 2.24. The number of aromatic nitrogens is 3. The smallest absolute Gasteiger partial charge is 0.234 e. The number of nitrogens with zero attached hydrogens (tertiary/aromatic N) is 3. The highest BCUT2D eigenvalue weighted by atomic mass is 35.5. The summed E-state index contributed by atoms with van der Waals surface area (Å²) in [4.78, 5) is 12.1. The fourth-order valence-corrected chi connectivity index (χ4v) is 3.13. The van der Waals surface area contributed by atoms with Crippen LogP contribution in [-0.2, 0) is 11.8 Å². The first-order valence-electron chi connectivity index (χ1n) is 7.79. The molecule has 2 aromatic carbocycles. The summed E-state index contributed by atoms with van der Waals surface area (Å²) >= 11 is 7.24. The van der Waals surface area contributed by atoms with Crippen molar-refractivity contribution in [3.8, 4) is 17.1 Å². The zero-order valence-corrected chi connectivity index (χ0v) is 15.8. The van der Waals surface area contributed by atoms with E-state index < -0.39 is 0 Å². The molecule has 134 valence electrons. The maximum Gasteiger partial charge on any atom is 0.234 e. The number of hydrogen-bond acceptors (Lipinski definition) is 5. The van der Waals surface area contributed by atoms with Crippen molar-refractivity contribution in [2.24, 2.45) is 7.05 Å². The third-order valence-corrected chi connectivity index (χ3v) is 4.92. The van der Waals surface area contributed by atoms with Crippen molar-refractivity contribution in [1.29, 1.82) is 0 Å². The highest BCUT2D eigenvalue weighted by molar-refractivity contribution is 7.99. The van der Waals surface area contributed by atoms with Crippen molar-refractivity contribution < 1.29 is 9.53 Å². The van der Waals surface area contributed by atoms with E-state index >= 15 is 0 Å². The summed E-state index contributed by atoms with van der Waals surface area (Å²) in [5, 5.41) is 12.5. The van der Waals surface area contributed by atoms with Gasteiger partial charge in [-0.2, -0.15) is 0 Å². The maximum atomic E-state index is 12.1. The van der Waals surface area contributed by atoms with E-state index in [1.807, 2.05) is 23.7 Å². The normalized spacial score (nSPS) is 10.6. The van der Waals surface area contributed by atoms with E-state index in [4.69, 9.17) is 16.3 Å². The van der Waals surface area contributed by atoms with Crippen molar-refractivity contribution in [3.05, 3.63) is 53.6 Å². The molecule has 1 heterocycles. The number of carbonyl (C=O) groups is 1. The van der Waals surface area contributed by atoms with Crippen molar-refractivity contribution in [2.45, 2.75) is 5.16 Å². The van der Waals surface area contributed by atoms with Crippen LogP contribution in [0.4, 0.5) is 5.69 Å². The Kier molecular flexibility index (Phi) is 5.80. The van der Waals surface area contributed by atoms with Crippen molar-refractivity contribution in [2.75, 3.05) is 18.2 Å². The van der Waals surface area contributed by atoms with Gasteiger partial charge in [0, 0.05) is 23.3 Å². The van der Waals surface area contributed by atoms with E-state index in [0.717, 1.165) is 22.8 Å². The number of halogens is 1. The van der Waals surface area contributed by atoms with E-state index in [1.165, 1.54) is 11.8 Å². The van der Waals surface area contributed by atoms with E-state index in [9.17, 15) is 4.79 Å². The van der Waals surface area contributed by atoms with Crippen LogP contribution in [0.5, 0.6) is 5.75 Å². The second-order valence-electron chi connectivity index (χ2n) is 5.44. The highest BCUT2D eigenvalue weighted by Gasteiger charge is 2.13. The lowest BCUT2D eigenvalue weighted by Crippen LogP contribution is -2.14. The fraction of sp³-hybridized carbons (Fsp3) is 0.167. The number of amides is 1. The average Bonchev–Trinajstić information content (AvgIpc) is 3.02. The first-order chi connectivity index (χ1) is 12.6. The summed E-state index contributed by atoms with van der Waals surface area (Å²) in [5.41, 5.74) is 1.63. The number of ether oxygens (including phenoxy) is 1. The average molecular weight is 389 g/mol. The van der Waals surface area contributed by atoms with Crippen LogP contribution in [0.3, 0.4) is 0 Å². The minimum atomic E-state index is -0.115. The Hall–Kier alpha value is -2.51. The van der Waals surface area contributed by atoms with Gasteiger partial charge in [-0.25, -0.2) is 0 Å². The predicted molar refractivity (Wildman–Crippen MR) is 104 cm³/mol. The molecule has 0 radical (unpaired) electrons. The van der Waals surface area contributed by atoms with Gasteiger partial charge in [0.2, 0.25) is 5.91 Å². The topological polar surface area (TPSA) is 69.0 Å². The number of anilines is 1. The van der Waals surface area contributed by atoms with Gasteiger partial charge in [0.1, 0.15) is 5.75 Å². The molecule has 1 amide bonds. The zero-order chi connectivity index (χ0) is 18.5. The monoisotopic (exact) mass is 388 g/mol. The molecule has 0 saturated carbocycles. The lowest BCUT2D eigenvalue weighted by molar-refractivity contribution is -0.113. The summed E-state index contributed by atoms with van der Waals surface area (Å²) in [6, 6.07) is 14.6. The molecule has 0 fully saturated rings. The van der Waals surface area contributed by atoms with Crippen LogP contribution in [-0.4, -0.2) is 33.5 Å². The predicted octanol–water partition coefficient (Wildman–Crippen LogP) is 3.87. The van der Waals surface area contributed by atoms with Crippen LogP contribution in [0.15, 0.2) is 53.7 Å². The minimum Gasteiger partial charge on any atom is -0.497 e. The number of carbonyl (C=O) groups excluding carboxylic acids is 1. The van der Waals surface area contributed by atoms with Gasteiger partial charge in [-0.1, -0.05) is 23.4 Å². The van der Waals surface area contributed by atoms with Crippen LogP contribution in [0.25, 0.3) is 11.4 Å². The molecule has 0 bridgehead atoms. The summed E-state index contributed by atoms with van der Waals surface area (Å²) in [5.74, 6) is 1.58. The van der Waals surface area contributed by atoms with E-state index in [2.05, 4.69) is 15.5 Å². The van der Waals surface area contributed by atoms with Crippen LogP contribution in [0.2, 0.25) is 5.02 Å². The number of rotatable bonds is 6. The third-order valence-electron chi connectivity index (χ3n) is 3.64. The molecular formula is C18H17ClN4O2S. The van der Waals surface area contributed by atoms with Gasteiger partial charge in [0.25, 0.3) is 0 Å². The Morgan fingerprint density at radius 2 is 1.85 bits per heavy atom. The molecule has 0 spiro atoms. The number of benzene rings is 2. The van der Waals surface area contributed by atoms with E-state index in [0.29, 0.717) is 10.2 Å². The molecule has 8 heteroatoms. The summed E-state index contributed by atoms with van der Waals surface area (Å²) in [7, 11) is 3.47. The van der Waals surface area contributed by atoms with Gasteiger partial charge in [-0.3, -0.25) is 4.79 Å². The number of methoxy groups -OCH3 is 1. The Balaban J connectivity index is 1.60. The van der Waals surface area contributed by atoms with Crippen LogP contribution >= 0.6 is 23.4 Å². The molecule has 0 aliphatic rings. The van der Waals surface area contributed by atoms with Gasteiger partial charge in [0.15, 0.2) is 11.0 Å². The Morgan fingerprint density at radius 1 is 1.15 bits per heavy atom.